The first-order valence-electron chi connectivity index (χ1n) is 7.17. The van der Waals surface area contributed by atoms with Crippen molar-refractivity contribution in [2.24, 2.45) is 0 Å². The van der Waals surface area contributed by atoms with Gasteiger partial charge in [-0.3, -0.25) is 4.79 Å². The highest BCUT2D eigenvalue weighted by molar-refractivity contribution is 6.03. The Balaban J connectivity index is 1.79. The van der Waals surface area contributed by atoms with Gasteiger partial charge in [-0.05, 0) is 18.2 Å². The molecule has 1 N–H and O–H groups in total. The van der Waals surface area contributed by atoms with Crippen molar-refractivity contribution < 1.29 is 22.7 Å². The molecular weight excluding hydrogens is 325 g/mol. The number of morpholine rings is 1. The summed E-state index contributed by atoms with van der Waals surface area (Å²) in [4.78, 5) is 22.2. The van der Waals surface area contributed by atoms with Crippen LogP contribution in [0.4, 0.5) is 24.8 Å². The van der Waals surface area contributed by atoms with Crippen molar-refractivity contribution in [2.75, 3.05) is 36.5 Å². The Hall–Kier alpha value is -2.68. The van der Waals surface area contributed by atoms with Gasteiger partial charge in [0.2, 0.25) is 5.95 Å². The Bertz CT molecular complexity index is 766. The first-order valence-corrected chi connectivity index (χ1v) is 7.17. The van der Waals surface area contributed by atoms with Crippen LogP contribution in [0.15, 0.2) is 24.4 Å². The Morgan fingerprint density at radius 2 is 1.88 bits per heavy atom. The van der Waals surface area contributed by atoms with Gasteiger partial charge in [-0.25, -0.2) is 23.1 Å². The van der Waals surface area contributed by atoms with Crippen LogP contribution in [-0.4, -0.2) is 42.2 Å². The van der Waals surface area contributed by atoms with Crippen LogP contribution in [0.25, 0.3) is 0 Å². The van der Waals surface area contributed by atoms with Crippen molar-refractivity contribution >= 4 is 17.5 Å². The van der Waals surface area contributed by atoms with E-state index >= 15 is 0 Å². The lowest BCUT2D eigenvalue weighted by molar-refractivity contribution is 0.102. The zero-order valence-electron chi connectivity index (χ0n) is 12.4. The highest BCUT2D eigenvalue weighted by atomic mass is 19.2. The average Bonchev–Trinajstić information content (AvgIpc) is 2.63. The Labute approximate surface area is 135 Å². The van der Waals surface area contributed by atoms with Crippen molar-refractivity contribution in [3.8, 4) is 0 Å². The van der Waals surface area contributed by atoms with Gasteiger partial charge in [0.15, 0.2) is 17.5 Å². The molecule has 0 bridgehead atoms. The first kappa shape index (κ1) is 16.2. The van der Waals surface area contributed by atoms with Gasteiger partial charge in [-0.2, -0.15) is 0 Å². The highest BCUT2D eigenvalue weighted by Gasteiger charge is 2.19. The van der Waals surface area contributed by atoms with E-state index in [0.29, 0.717) is 32.3 Å². The fraction of sp³-hybridized carbons (Fsp3) is 0.267. The number of aromatic nitrogens is 2. The number of rotatable bonds is 3. The minimum absolute atomic E-state index is 0.0179. The molecule has 24 heavy (non-hydrogen) atoms. The van der Waals surface area contributed by atoms with Crippen molar-refractivity contribution in [2.45, 2.75) is 0 Å². The Morgan fingerprint density at radius 3 is 2.62 bits per heavy atom. The maximum Gasteiger partial charge on any atom is 0.274 e. The number of hydrogen-bond acceptors (Lipinski definition) is 5. The monoisotopic (exact) mass is 338 g/mol. The molecule has 1 amide bonds. The lowest BCUT2D eigenvalue weighted by Crippen LogP contribution is -2.37. The second kappa shape index (κ2) is 6.83. The van der Waals surface area contributed by atoms with Gasteiger partial charge in [-0.15, -0.1) is 0 Å². The highest BCUT2D eigenvalue weighted by Crippen LogP contribution is 2.20. The van der Waals surface area contributed by atoms with Gasteiger partial charge in [0.25, 0.3) is 5.91 Å². The van der Waals surface area contributed by atoms with Crippen LogP contribution in [-0.2, 0) is 4.74 Å². The fourth-order valence-corrected chi connectivity index (χ4v) is 2.20. The van der Waals surface area contributed by atoms with E-state index in [9.17, 15) is 18.0 Å². The lowest BCUT2D eigenvalue weighted by Gasteiger charge is -2.26. The maximum atomic E-state index is 13.6. The predicted molar refractivity (Wildman–Crippen MR) is 79.3 cm³/mol. The number of benzene rings is 1. The topological polar surface area (TPSA) is 67.4 Å². The van der Waals surface area contributed by atoms with E-state index in [2.05, 4.69) is 15.3 Å². The first-order chi connectivity index (χ1) is 11.6. The van der Waals surface area contributed by atoms with Crippen LogP contribution in [0, 0.1) is 17.5 Å². The molecule has 6 nitrogen and oxygen atoms in total. The summed E-state index contributed by atoms with van der Waals surface area (Å²) in [6, 6.07) is 3.01. The van der Waals surface area contributed by atoms with Crippen LogP contribution < -0.4 is 10.2 Å². The molecule has 2 aromatic rings. The zero-order valence-corrected chi connectivity index (χ0v) is 12.4. The summed E-state index contributed by atoms with van der Waals surface area (Å²) in [6.45, 7) is 2.23. The number of carbonyl (C=O) groups is 1. The molecule has 0 aliphatic carbocycles. The molecule has 1 fully saturated rings. The van der Waals surface area contributed by atoms with Gasteiger partial charge in [0.1, 0.15) is 5.69 Å². The summed E-state index contributed by atoms with van der Waals surface area (Å²) in [5.74, 6) is -4.86. The van der Waals surface area contributed by atoms with Gasteiger partial charge >= 0.3 is 0 Å². The third kappa shape index (κ3) is 3.30. The molecule has 3 rings (SSSR count). The number of ether oxygens (including phenoxy) is 1. The van der Waals surface area contributed by atoms with Crippen LogP contribution in [0.1, 0.15) is 10.5 Å². The molecular formula is C15H13F3N4O2. The van der Waals surface area contributed by atoms with Crippen LogP contribution in [0.2, 0.25) is 0 Å². The van der Waals surface area contributed by atoms with Gasteiger partial charge in [-0.1, -0.05) is 0 Å². The number of carbonyl (C=O) groups excluding carboxylic acids is 1. The molecule has 1 saturated heterocycles. The molecule has 0 atom stereocenters. The standard InChI is InChI=1S/C15H13F3N4O2/c16-9-1-2-10(13(18)12(9)17)20-14(23)11-3-4-19-15(21-11)22-5-7-24-8-6-22/h1-4H,5-8H2,(H,20,23). The average molecular weight is 338 g/mol. The number of anilines is 2. The quantitative estimate of drug-likeness (QED) is 0.867. The van der Waals surface area contributed by atoms with Crippen molar-refractivity contribution in [1.29, 1.82) is 0 Å². The van der Waals surface area contributed by atoms with Gasteiger partial charge in [0, 0.05) is 19.3 Å². The number of nitrogens with zero attached hydrogens (tertiary/aromatic N) is 3. The normalized spacial score (nSPS) is 14.5. The molecule has 126 valence electrons. The molecule has 0 spiro atoms. The summed E-state index contributed by atoms with van der Waals surface area (Å²) >= 11 is 0. The Morgan fingerprint density at radius 1 is 1.12 bits per heavy atom. The van der Waals surface area contributed by atoms with E-state index < -0.39 is 29.0 Å². The summed E-state index contributed by atoms with van der Waals surface area (Å²) in [5.41, 5.74) is -0.485. The minimum atomic E-state index is -1.65. The summed E-state index contributed by atoms with van der Waals surface area (Å²) < 4.78 is 45.0. The molecule has 0 saturated carbocycles. The second-order valence-corrected chi connectivity index (χ2v) is 5.02. The summed E-state index contributed by atoms with van der Waals surface area (Å²) in [7, 11) is 0. The maximum absolute atomic E-state index is 13.6. The fourth-order valence-electron chi connectivity index (χ4n) is 2.20. The molecule has 0 radical (unpaired) electrons. The number of nitrogens with one attached hydrogen (secondary N) is 1. The molecule has 2 heterocycles. The van der Waals surface area contributed by atoms with E-state index in [1.165, 1.54) is 12.3 Å². The Kier molecular flexibility index (Phi) is 4.61. The number of hydrogen-bond donors (Lipinski definition) is 1. The molecule has 1 aromatic heterocycles. The van der Waals surface area contributed by atoms with Crippen LogP contribution in [0.5, 0.6) is 0 Å². The molecule has 9 heteroatoms. The number of amides is 1. The summed E-state index contributed by atoms with van der Waals surface area (Å²) in [5, 5.41) is 2.17. The van der Waals surface area contributed by atoms with Crippen LogP contribution in [0.3, 0.4) is 0 Å². The van der Waals surface area contributed by atoms with Gasteiger partial charge < -0.3 is 15.0 Å². The SMILES string of the molecule is O=C(Nc1ccc(F)c(F)c1F)c1ccnc(N2CCOCC2)n1. The second-order valence-electron chi connectivity index (χ2n) is 5.02. The molecule has 0 unspecified atom stereocenters. The van der Waals surface area contributed by atoms with Crippen molar-refractivity contribution in [1.82, 2.24) is 9.97 Å². The number of halogens is 3. The smallest absolute Gasteiger partial charge is 0.274 e. The van der Waals surface area contributed by atoms with Gasteiger partial charge in [0.05, 0.1) is 18.9 Å². The van der Waals surface area contributed by atoms with E-state index in [1.807, 2.05) is 4.90 Å². The van der Waals surface area contributed by atoms with E-state index in [4.69, 9.17) is 4.74 Å². The summed E-state index contributed by atoms with van der Waals surface area (Å²) in [6.07, 6.45) is 1.40. The van der Waals surface area contributed by atoms with Crippen molar-refractivity contribution in [3.05, 3.63) is 47.5 Å². The molecule has 1 aromatic carbocycles. The van der Waals surface area contributed by atoms with Crippen LogP contribution >= 0.6 is 0 Å². The van der Waals surface area contributed by atoms with E-state index in [1.54, 1.807) is 0 Å². The largest absolute Gasteiger partial charge is 0.378 e. The predicted octanol–water partition coefficient (Wildman–Crippen LogP) is 1.98. The minimum Gasteiger partial charge on any atom is -0.378 e. The van der Waals surface area contributed by atoms with E-state index in [0.717, 1.165) is 12.1 Å². The molecule has 1 aliphatic heterocycles. The third-order valence-corrected chi connectivity index (χ3v) is 3.45. The van der Waals surface area contributed by atoms with Crippen molar-refractivity contribution in [3.63, 3.8) is 0 Å². The lowest BCUT2D eigenvalue weighted by atomic mass is 10.2. The van der Waals surface area contributed by atoms with E-state index in [-0.39, 0.29) is 5.69 Å². The molecule has 1 aliphatic rings. The third-order valence-electron chi connectivity index (χ3n) is 3.45. The zero-order chi connectivity index (χ0) is 17.1.